The molecule has 8 nitrogen and oxygen atoms in total. The number of likely N-dealkylation sites (N-methyl/N-ethyl adjacent to an activating group) is 1. The summed E-state index contributed by atoms with van der Waals surface area (Å²) in [6, 6.07) is 7.88. The van der Waals surface area contributed by atoms with E-state index in [1.165, 1.54) is 10.4 Å². The summed E-state index contributed by atoms with van der Waals surface area (Å²) in [6.45, 7) is 7.85. The summed E-state index contributed by atoms with van der Waals surface area (Å²) in [7, 11) is -2.22. The highest BCUT2D eigenvalue weighted by molar-refractivity contribution is 7.89. The van der Waals surface area contributed by atoms with Crippen LogP contribution in [0, 0.1) is 23.7 Å². The lowest BCUT2D eigenvalue weighted by atomic mass is 10.0. The van der Waals surface area contributed by atoms with E-state index in [1.807, 2.05) is 13.0 Å². The summed E-state index contributed by atoms with van der Waals surface area (Å²) >= 11 is 0. The Hall–Kier alpha value is -2.93. The van der Waals surface area contributed by atoms with Crippen LogP contribution in [0.25, 0.3) is 0 Å². The van der Waals surface area contributed by atoms with Gasteiger partial charge in [0.15, 0.2) is 0 Å². The van der Waals surface area contributed by atoms with Gasteiger partial charge in [-0.1, -0.05) is 38.7 Å². The second kappa shape index (κ2) is 12.5. The third-order valence-corrected chi connectivity index (χ3v) is 8.39. The predicted molar refractivity (Wildman–Crippen MR) is 142 cm³/mol. The molecule has 0 saturated heterocycles. The van der Waals surface area contributed by atoms with Crippen molar-refractivity contribution in [3.8, 4) is 17.6 Å². The zero-order valence-corrected chi connectivity index (χ0v) is 23.0. The molecule has 3 atom stereocenters. The summed E-state index contributed by atoms with van der Waals surface area (Å²) in [5.41, 5.74) is 1.47. The van der Waals surface area contributed by atoms with E-state index in [4.69, 9.17) is 4.74 Å². The van der Waals surface area contributed by atoms with Gasteiger partial charge in [0.1, 0.15) is 16.7 Å². The van der Waals surface area contributed by atoms with Crippen molar-refractivity contribution in [1.29, 1.82) is 0 Å². The van der Waals surface area contributed by atoms with Crippen LogP contribution in [0.2, 0.25) is 0 Å². The number of rotatable bonds is 7. The molecule has 200 valence electrons. The molecule has 2 aromatic rings. The average molecular weight is 528 g/mol. The van der Waals surface area contributed by atoms with Crippen LogP contribution in [0.15, 0.2) is 47.6 Å². The number of benzene rings is 1. The number of carbonyl (C=O) groups excluding carboxylic acids is 1. The first-order chi connectivity index (χ1) is 17.5. The Balaban J connectivity index is 1.95. The third-order valence-electron chi connectivity index (χ3n) is 6.37. The molecule has 37 heavy (non-hydrogen) atoms. The molecular weight excluding hydrogens is 490 g/mol. The van der Waals surface area contributed by atoms with Crippen molar-refractivity contribution >= 4 is 15.9 Å². The number of fused-ring (bicyclic) bond motifs is 1. The normalized spacial score (nSPS) is 20.0. The summed E-state index contributed by atoms with van der Waals surface area (Å²) < 4.78 is 34.9. The molecule has 1 amide bonds. The van der Waals surface area contributed by atoms with Gasteiger partial charge < -0.3 is 14.7 Å². The van der Waals surface area contributed by atoms with Gasteiger partial charge in [0, 0.05) is 49.9 Å². The lowest BCUT2D eigenvalue weighted by Crippen LogP contribution is -2.50. The molecule has 1 aliphatic rings. The third kappa shape index (κ3) is 7.31. The minimum absolute atomic E-state index is 0.0310. The number of amides is 1. The highest BCUT2D eigenvalue weighted by Gasteiger charge is 2.38. The van der Waals surface area contributed by atoms with E-state index >= 15 is 0 Å². The minimum atomic E-state index is -3.93. The zero-order chi connectivity index (χ0) is 27.2. The minimum Gasteiger partial charge on any atom is -0.487 e. The standard InChI is InChI=1S/C28H37N3O5S/c1-20(2)8-6-9-23-11-12-27-25(14-23)36-26(21(3)17-31(22(4)19-32)37(27,34)35)18-30(5)28(33)15-24-10-7-13-29-16-24/h7,10-14,16,20-22,26,32H,8,15,17-19H2,1-5H3/t21-,22-,26+/m0/s1. The Morgan fingerprint density at radius 1 is 1.30 bits per heavy atom. The van der Waals surface area contributed by atoms with E-state index < -0.39 is 22.2 Å². The van der Waals surface area contributed by atoms with Gasteiger partial charge in [-0.05, 0) is 42.7 Å². The second-order valence-corrected chi connectivity index (χ2v) is 12.0. The van der Waals surface area contributed by atoms with Gasteiger partial charge in [0.2, 0.25) is 15.9 Å². The zero-order valence-electron chi connectivity index (χ0n) is 22.2. The smallest absolute Gasteiger partial charge is 0.247 e. The second-order valence-electron chi connectivity index (χ2n) is 10.1. The van der Waals surface area contributed by atoms with Crippen molar-refractivity contribution in [2.75, 3.05) is 26.7 Å². The number of ether oxygens (including phenoxy) is 1. The number of aliphatic hydroxyl groups is 1. The lowest BCUT2D eigenvalue weighted by Gasteiger charge is -2.37. The van der Waals surface area contributed by atoms with Crippen LogP contribution in [0.5, 0.6) is 5.75 Å². The van der Waals surface area contributed by atoms with Gasteiger partial charge in [-0.15, -0.1) is 0 Å². The monoisotopic (exact) mass is 527 g/mol. The fourth-order valence-corrected chi connectivity index (χ4v) is 5.89. The maximum Gasteiger partial charge on any atom is 0.247 e. The summed E-state index contributed by atoms with van der Waals surface area (Å²) in [5, 5.41) is 9.81. The van der Waals surface area contributed by atoms with Crippen LogP contribution < -0.4 is 4.74 Å². The summed E-state index contributed by atoms with van der Waals surface area (Å²) in [4.78, 5) is 18.6. The predicted octanol–water partition coefficient (Wildman–Crippen LogP) is 2.95. The summed E-state index contributed by atoms with van der Waals surface area (Å²) in [6.07, 6.45) is 3.77. The van der Waals surface area contributed by atoms with Gasteiger partial charge in [-0.2, -0.15) is 4.31 Å². The van der Waals surface area contributed by atoms with Gasteiger partial charge in [-0.3, -0.25) is 9.78 Å². The maximum atomic E-state index is 13.6. The topological polar surface area (TPSA) is 100 Å². The number of aliphatic hydroxyl groups excluding tert-OH is 1. The number of aromatic nitrogens is 1. The van der Waals surface area contributed by atoms with Crippen molar-refractivity contribution in [2.24, 2.45) is 11.8 Å². The number of pyridine rings is 1. The molecule has 9 heteroatoms. The van der Waals surface area contributed by atoms with Crippen molar-refractivity contribution < 1.29 is 23.1 Å². The first kappa shape index (κ1) is 28.6. The fourth-order valence-electron chi connectivity index (χ4n) is 4.06. The molecule has 0 radical (unpaired) electrons. The van der Waals surface area contributed by atoms with E-state index in [-0.39, 0.29) is 48.6 Å². The van der Waals surface area contributed by atoms with E-state index in [1.54, 1.807) is 49.5 Å². The first-order valence-electron chi connectivity index (χ1n) is 12.6. The number of carbonyl (C=O) groups is 1. The van der Waals surface area contributed by atoms with E-state index in [2.05, 4.69) is 30.7 Å². The number of nitrogens with zero attached hydrogens (tertiary/aromatic N) is 3. The Bertz CT molecular complexity index is 1240. The molecule has 1 aliphatic heterocycles. The largest absolute Gasteiger partial charge is 0.487 e. The van der Waals surface area contributed by atoms with E-state index in [9.17, 15) is 18.3 Å². The molecule has 0 aliphatic carbocycles. The van der Waals surface area contributed by atoms with Gasteiger partial charge in [0.25, 0.3) is 0 Å². The molecule has 0 unspecified atom stereocenters. The molecule has 0 saturated carbocycles. The van der Waals surface area contributed by atoms with Crippen LogP contribution in [-0.2, 0) is 21.2 Å². The fraction of sp³-hybridized carbons (Fsp3) is 0.500. The van der Waals surface area contributed by atoms with Crippen LogP contribution in [0.1, 0.15) is 45.2 Å². The van der Waals surface area contributed by atoms with Crippen LogP contribution in [0.3, 0.4) is 0 Å². The Morgan fingerprint density at radius 3 is 2.70 bits per heavy atom. The first-order valence-corrected chi connectivity index (χ1v) is 14.0. The van der Waals surface area contributed by atoms with Crippen LogP contribution >= 0.6 is 0 Å². The van der Waals surface area contributed by atoms with Crippen molar-refractivity contribution in [2.45, 2.75) is 57.6 Å². The highest BCUT2D eigenvalue weighted by atomic mass is 32.2. The molecule has 0 bridgehead atoms. The Morgan fingerprint density at radius 2 is 2.05 bits per heavy atom. The molecule has 3 rings (SSSR count). The number of hydrogen-bond donors (Lipinski definition) is 1. The quantitative estimate of drug-likeness (QED) is 0.556. The van der Waals surface area contributed by atoms with Crippen molar-refractivity contribution in [3.63, 3.8) is 0 Å². The molecule has 1 N–H and O–H groups in total. The summed E-state index contributed by atoms with van der Waals surface area (Å²) in [5.74, 6) is 6.50. The molecule has 2 heterocycles. The van der Waals surface area contributed by atoms with Crippen molar-refractivity contribution in [1.82, 2.24) is 14.2 Å². The van der Waals surface area contributed by atoms with Gasteiger partial charge in [0.05, 0.1) is 19.6 Å². The molecule has 0 fully saturated rings. The molecular formula is C28H37N3O5S. The SMILES string of the molecule is CC(C)CC#Cc1ccc2c(c1)O[C@H](CN(C)C(=O)Cc1cccnc1)[C@@H](C)CN([C@@H](C)CO)S2(=O)=O. The Labute approximate surface area is 220 Å². The molecule has 1 aromatic carbocycles. The van der Waals surface area contributed by atoms with Gasteiger partial charge >= 0.3 is 0 Å². The van der Waals surface area contributed by atoms with E-state index in [0.29, 0.717) is 11.5 Å². The van der Waals surface area contributed by atoms with Crippen molar-refractivity contribution in [3.05, 3.63) is 53.9 Å². The number of sulfonamides is 1. The molecule has 1 aromatic heterocycles. The van der Waals surface area contributed by atoms with Crippen LogP contribution in [-0.4, -0.2) is 72.5 Å². The number of hydrogen-bond acceptors (Lipinski definition) is 6. The van der Waals surface area contributed by atoms with Gasteiger partial charge in [-0.25, -0.2) is 8.42 Å². The van der Waals surface area contributed by atoms with Crippen LogP contribution in [0.4, 0.5) is 0 Å². The van der Waals surface area contributed by atoms with E-state index in [0.717, 1.165) is 12.0 Å². The lowest BCUT2D eigenvalue weighted by molar-refractivity contribution is -0.130. The molecule has 0 spiro atoms. The highest BCUT2D eigenvalue weighted by Crippen LogP contribution is 2.34. The average Bonchev–Trinajstić information content (AvgIpc) is 2.86. The maximum absolute atomic E-state index is 13.6. The Kier molecular flexibility index (Phi) is 9.71.